The summed E-state index contributed by atoms with van der Waals surface area (Å²) >= 11 is 5.07. The van der Waals surface area contributed by atoms with Crippen LogP contribution in [-0.4, -0.2) is 9.97 Å². The molecule has 1 atom stereocenters. The first-order valence-corrected chi connectivity index (χ1v) is 7.18. The van der Waals surface area contributed by atoms with Gasteiger partial charge in [-0.3, -0.25) is 0 Å². The van der Waals surface area contributed by atoms with E-state index in [0.29, 0.717) is 0 Å². The lowest BCUT2D eigenvalue weighted by molar-refractivity contribution is 0.418. The Morgan fingerprint density at radius 2 is 2.00 bits per heavy atom. The van der Waals surface area contributed by atoms with Gasteiger partial charge < -0.3 is 9.97 Å². The summed E-state index contributed by atoms with van der Waals surface area (Å²) in [5.74, 6) is 0.827. The van der Waals surface area contributed by atoms with Crippen molar-refractivity contribution in [1.82, 2.24) is 9.97 Å². The highest BCUT2D eigenvalue weighted by Gasteiger charge is 2.23. The van der Waals surface area contributed by atoms with Crippen LogP contribution in [0.4, 0.5) is 0 Å². The summed E-state index contributed by atoms with van der Waals surface area (Å²) in [6.07, 6.45) is 12.8. The summed E-state index contributed by atoms with van der Waals surface area (Å²) in [5, 5.41) is 0. The van der Waals surface area contributed by atoms with E-state index in [2.05, 4.69) is 9.97 Å². The highest BCUT2D eigenvalue weighted by Crippen LogP contribution is 2.38. The van der Waals surface area contributed by atoms with Crippen molar-refractivity contribution < 1.29 is 0 Å². The van der Waals surface area contributed by atoms with Crippen molar-refractivity contribution in [2.75, 3.05) is 0 Å². The lowest BCUT2D eigenvalue weighted by Gasteiger charge is -2.30. The molecule has 3 heteroatoms. The van der Waals surface area contributed by atoms with Crippen LogP contribution >= 0.6 is 12.2 Å². The van der Waals surface area contributed by atoms with Crippen molar-refractivity contribution >= 4 is 12.2 Å². The summed E-state index contributed by atoms with van der Waals surface area (Å²) in [6.45, 7) is 0. The van der Waals surface area contributed by atoms with Crippen LogP contribution in [0.15, 0.2) is 17.3 Å². The zero-order valence-electron chi connectivity index (χ0n) is 10.2. The number of rotatable bonds is 2. The van der Waals surface area contributed by atoms with Gasteiger partial charge in [-0.05, 0) is 69.5 Å². The van der Waals surface area contributed by atoms with Gasteiger partial charge in [0, 0.05) is 11.9 Å². The van der Waals surface area contributed by atoms with Gasteiger partial charge in [-0.25, -0.2) is 0 Å². The number of H-pyrrole nitrogens is 2. The monoisotopic (exact) mass is 248 g/mol. The van der Waals surface area contributed by atoms with E-state index in [1.165, 1.54) is 50.6 Å². The van der Waals surface area contributed by atoms with E-state index in [0.717, 1.165) is 17.1 Å². The Kier molecular flexibility index (Phi) is 3.19. The third-order valence-corrected chi connectivity index (χ3v) is 4.48. The number of hydrogen-bond acceptors (Lipinski definition) is 1. The quantitative estimate of drug-likeness (QED) is 0.594. The average molecular weight is 248 g/mol. The van der Waals surface area contributed by atoms with Crippen molar-refractivity contribution in [1.29, 1.82) is 0 Å². The molecule has 0 unspecified atom stereocenters. The molecule has 17 heavy (non-hydrogen) atoms. The molecular weight excluding hydrogens is 228 g/mol. The molecule has 0 fully saturated rings. The minimum Gasteiger partial charge on any atom is -0.337 e. The molecule has 1 heterocycles. The SMILES string of the molecule is S=c1[nH]cc(C[C@@H]2CCC3=C(CCCC3)C2)[nH]1. The molecule has 1 aromatic rings. The second-order valence-corrected chi connectivity index (χ2v) is 5.90. The number of nitrogens with one attached hydrogen (secondary N) is 2. The highest BCUT2D eigenvalue weighted by molar-refractivity contribution is 7.71. The molecule has 0 aliphatic heterocycles. The lowest BCUT2D eigenvalue weighted by Crippen LogP contribution is -2.15. The van der Waals surface area contributed by atoms with E-state index in [4.69, 9.17) is 12.2 Å². The van der Waals surface area contributed by atoms with Crippen molar-refractivity contribution in [3.63, 3.8) is 0 Å². The molecule has 3 rings (SSSR count). The van der Waals surface area contributed by atoms with Crippen molar-refractivity contribution in [3.05, 3.63) is 27.8 Å². The van der Waals surface area contributed by atoms with Gasteiger partial charge in [0.15, 0.2) is 4.77 Å². The van der Waals surface area contributed by atoms with Gasteiger partial charge in [0.2, 0.25) is 0 Å². The van der Waals surface area contributed by atoms with Crippen LogP contribution in [0.3, 0.4) is 0 Å². The molecule has 0 saturated heterocycles. The first kappa shape index (κ1) is 11.3. The Morgan fingerprint density at radius 1 is 1.18 bits per heavy atom. The smallest absolute Gasteiger partial charge is 0.174 e. The molecule has 0 bridgehead atoms. The van der Waals surface area contributed by atoms with E-state index >= 15 is 0 Å². The zero-order chi connectivity index (χ0) is 11.7. The molecule has 0 saturated carbocycles. The molecule has 2 aliphatic carbocycles. The number of aromatic amines is 2. The molecule has 0 spiro atoms. The molecule has 0 aromatic carbocycles. The third-order valence-electron chi connectivity index (χ3n) is 4.26. The number of hydrogen-bond donors (Lipinski definition) is 2. The van der Waals surface area contributed by atoms with Crippen molar-refractivity contribution in [2.45, 2.75) is 51.4 Å². The Hall–Kier alpha value is -0.830. The van der Waals surface area contributed by atoms with Gasteiger partial charge in [-0.2, -0.15) is 0 Å². The van der Waals surface area contributed by atoms with Gasteiger partial charge in [0.25, 0.3) is 0 Å². The minimum absolute atomic E-state index is 0.758. The predicted octanol–water partition coefficient (Wildman–Crippen LogP) is 4.29. The Labute approximate surface area is 108 Å². The normalized spacial score (nSPS) is 24.8. The summed E-state index contributed by atoms with van der Waals surface area (Å²) in [6, 6.07) is 0. The first-order chi connectivity index (χ1) is 8.31. The molecular formula is C14H20N2S. The molecule has 2 aliphatic rings. The maximum absolute atomic E-state index is 5.07. The zero-order valence-corrected chi connectivity index (χ0v) is 11.0. The fourth-order valence-corrected chi connectivity index (χ4v) is 3.56. The van der Waals surface area contributed by atoms with Gasteiger partial charge in [0.1, 0.15) is 0 Å². The summed E-state index contributed by atoms with van der Waals surface area (Å²) in [4.78, 5) is 6.30. The maximum Gasteiger partial charge on any atom is 0.174 e. The van der Waals surface area contributed by atoms with Crippen LogP contribution in [0, 0.1) is 10.7 Å². The second-order valence-electron chi connectivity index (χ2n) is 5.50. The predicted molar refractivity (Wildman–Crippen MR) is 72.5 cm³/mol. The third kappa shape index (κ3) is 2.54. The fraction of sp³-hybridized carbons (Fsp3) is 0.643. The Balaban J connectivity index is 1.67. The first-order valence-electron chi connectivity index (χ1n) is 6.77. The van der Waals surface area contributed by atoms with E-state index < -0.39 is 0 Å². The molecule has 1 aromatic heterocycles. The Morgan fingerprint density at radius 3 is 2.76 bits per heavy atom. The summed E-state index contributed by atoms with van der Waals surface area (Å²) in [5.41, 5.74) is 4.87. The van der Waals surface area contributed by atoms with Gasteiger partial charge in [-0.1, -0.05) is 11.1 Å². The molecule has 0 radical (unpaired) electrons. The van der Waals surface area contributed by atoms with Crippen LogP contribution in [0.1, 0.15) is 50.6 Å². The average Bonchev–Trinajstić information content (AvgIpc) is 2.75. The number of imidazole rings is 1. The largest absolute Gasteiger partial charge is 0.337 e. The molecule has 0 amide bonds. The summed E-state index contributed by atoms with van der Waals surface area (Å²) in [7, 11) is 0. The number of allylic oxidation sites excluding steroid dienone is 2. The summed E-state index contributed by atoms with van der Waals surface area (Å²) < 4.78 is 0.758. The lowest BCUT2D eigenvalue weighted by atomic mass is 9.76. The van der Waals surface area contributed by atoms with Crippen molar-refractivity contribution in [2.24, 2.45) is 5.92 Å². The molecule has 2 nitrogen and oxygen atoms in total. The standard InChI is InChI=1S/C14H20N2S/c17-14-15-9-13(16-14)8-10-5-6-11-3-1-2-4-12(11)7-10/h9-10H,1-8H2,(H2,15,16,17)/t10-/m1/s1. The Bertz CT molecular complexity index is 480. The van der Waals surface area contributed by atoms with E-state index in [-0.39, 0.29) is 0 Å². The van der Waals surface area contributed by atoms with E-state index in [1.54, 1.807) is 11.1 Å². The topological polar surface area (TPSA) is 31.6 Å². The van der Waals surface area contributed by atoms with Gasteiger partial charge in [0.05, 0.1) is 0 Å². The van der Waals surface area contributed by atoms with Crippen LogP contribution in [0.25, 0.3) is 0 Å². The highest BCUT2D eigenvalue weighted by atomic mass is 32.1. The number of aromatic nitrogens is 2. The van der Waals surface area contributed by atoms with Crippen LogP contribution in [0.2, 0.25) is 0 Å². The molecule has 2 N–H and O–H groups in total. The van der Waals surface area contributed by atoms with Crippen LogP contribution < -0.4 is 0 Å². The second kappa shape index (κ2) is 4.81. The van der Waals surface area contributed by atoms with E-state index in [1.807, 2.05) is 6.20 Å². The molecule has 92 valence electrons. The fourth-order valence-electron chi connectivity index (χ4n) is 3.37. The van der Waals surface area contributed by atoms with Crippen molar-refractivity contribution in [3.8, 4) is 0 Å². The van der Waals surface area contributed by atoms with Crippen LogP contribution in [0.5, 0.6) is 0 Å². The van der Waals surface area contributed by atoms with Gasteiger partial charge >= 0.3 is 0 Å². The van der Waals surface area contributed by atoms with Gasteiger partial charge in [-0.15, -0.1) is 0 Å². The van der Waals surface area contributed by atoms with E-state index in [9.17, 15) is 0 Å². The maximum atomic E-state index is 5.07. The minimum atomic E-state index is 0.758. The van der Waals surface area contributed by atoms with Crippen LogP contribution in [-0.2, 0) is 6.42 Å².